The van der Waals surface area contributed by atoms with Crippen LogP contribution in [0.15, 0.2) is 72.9 Å². The highest BCUT2D eigenvalue weighted by molar-refractivity contribution is 5.57. The molecular formula is C23H25N3O2. The molecule has 1 atom stereocenters. The van der Waals surface area contributed by atoms with Gasteiger partial charge >= 0.3 is 0 Å². The van der Waals surface area contributed by atoms with Crippen LogP contribution in [0, 0.1) is 0 Å². The molecule has 4 rings (SSSR count). The summed E-state index contributed by atoms with van der Waals surface area (Å²) >= 11 is 0. The fourth-order valence-corrected chi connectivity index (χ4v) is 3.39. The molecule has 1 aromatic heterocycles. The zero-order valence-corrected chi connectivity index (χ0v) is 16.0. The van der Waals surface area contributed by atoms with Crippen LogP contribution in [0.5, 0.6) is 5.75 Å². The van der Waals surface area contributed by atoms with Crippen molar-refractivity contribution in [2.45, 2.75) is 12.6 Å². The molecule has 5 nitrogen and oxygen atoms in total. The smallest absolute Gasteiger partial charge is 0.130 e. The number of hydrogen-bond acceptors (Lipinski definition) is 5. The topological polar surface area (TPSA) is 46.6 Å². The van der Waals surface area contributed by atoms with E-state index in [0.717, 1.165) is 43.5 Å². The molecule has 1 fully saturated rings. The van der Waals surface area contributed by atoms with Gasteiger partial charge in [-0.3, -0.25) is 4.90 Å². The van der Waals surface area contributed by atoms with Gasteiger partial charge in [0.05, 0.1) is 19.8 Å². The Morgan fingerprint density at radius 1 is 1.07 bits per heavy atom. The number of nitrogens with zero attached hydrogens (tertiary/aromatic N) is 2. The molecule has 3 aromatic rings. The molecule has 1 aliphatic heterocycles. The van der Waals surface area contributed by atoms with E-state index in [0.29, 0.717) is 0 Å². The molecule has 0 radical (unpaired) electrons. The zero-order valence-electron chi connectivity index (χ0n) is 16.0. The predicted molar refractivity (Wildman–Crippen MR) is 111 cm³/mol. The van der Waals surface area contributed by atoms with Crippen molar-refractivity contribution < 1.29 is 9.47 Å². The molecule has 2 aromatic carbocycles. The van der Waals surface area contributed by atoms with Crippen LogP contribution in [0.2, 0.25) is 0 Å². The monoisotopic (exact) mass is 375 g/mol. The number of methoxy groups -OCH3 is 1. The lowest BCUT2D eigenvalue weighted by Crippen LogP contribution is -2.37. The fourth-order valence-electron chi connectivity index (χ4n) is 3.39. The van der Waals surface area contributed by atoms with Crippen LogP contribution in [0.25, 0.3) is 0 Å². The van der Waals surface area contributed by atoms with E-state index in [1.165, 1.54) is 11.1 Å². The minimum Gasteiger partial charge on any atom is -0.497 e. The van der Waals surface area contributed by atoms with Gasteiger partial charge in [-0.1, -0.05) is 36.4 Å². The SMILES string of the molecule is COc1ccc(Nc2ccc(CN3CCOC(c4ccccc4)C3)cn2)cc1. The summed E-state index contributed by atoms with van der Waals surface area (Å²) in [6.45, 7) is 3.47. The maximum Gasteiger partial charge on any atom is 0.130 e. The molecule has 0 spiro atoms. The van der Waals surface area contributed by atoms with Gasteiger partial charge in [-0.25, -0.2) is 4.98 Å². The third kappa shape index (κ3) is 4.68. The van der Waals surface area contributed by atoms with E-state index in [2.05, 4.69) is 45.5 Å². The van der Waals surface area contributed by atoms with Gasteiger partial charge in [-0.2, -0.15) is 0 Å². The zero-order chi connectivity index (χ0) is 19.2. The maximum atomic E-state index is 5.96. The number of hydrogen-bond donors (Lipinski definition) is 1. The van der Waals surface area contributed by atoms with E-state index in [9.17, 15) is 0 Å². The van der Waals surface area contributed by atoms with E-state index < -0.39 is 0 Å². The van der Waals surface area contributed by atoms with Crippen molar-refractivity contribution >= 4 is 11.5 Å². The van der Waals surface area contributed by atoms with Crippen molar-refractivity contribution in [3.05, 3.63) is 84.1 Å². The van der Waals surface area contributed by atoms with Crippen LogP contribution in [-0.4, -0.2) is 36.7 Å². The van der Waals surface area contributed by atoms with E-state index in [1.807, 2.05) is 42.6 Å². The molecule has 1 aliphatic rings. The predicted octanol–water partition coefficient (Wildman–Crippen LogP) is 4.41. The standard InChI is InChI=1S/C23H25N3O2/c1-27-21-10-8-20(9-11-21)25-23-12-7-18(15-24-23)16-26-13-14-28-22(17-26)19-5-3-2-4-6-19/h2-12,15,22H,13-14,16-17H2,1H3,(H,24,25). The lowest BCUT2D eigenvalue weighted by molar-refractivity contribution is -0.0329. The van der Waals surface area contributed by atoms with Crippen molar-refractivity contribution in [3.63, 3.8) is 0 Å². The summed E-state index contributed by atoms with van der Waals surface area (Å²) in [4.78, 5) is 6.98. The van der Waals surface area contributed by atoms with Gasteiger partial charge in [0, 0.05) is 31.5 Å². The van der Waals surface area contributed by atoms with E-state index in [-0.39, 0.29) is 6.10 Å². The molecule has 5 heteroatoms. The number of pyridine rings is 1. The van der Waals surface area contributed by atoms with Crippen molar-refractivity contribution in [1.29, 1.82) is 0 Å². The summed E-state index contributed by atoms with van der Waals surface area (Å²) in [6.07, 6.45) is 2.08. The minimum atomic E-state index is 0.138. The lowest BCUT2D eigenvalue weighted by atomic mass is 10.1. The first-order valence-electron chi connectivity index (χ1n) is 9.55. The largest absolute Gasteiger partial charge is 0.497 e. The molecule has 0 amide bonds. The normalized spacial score (nSPS) is 17.2. The Kier molecular flexibility index (Phi) is 5.85. The van der Waals surface area contributed by atoms with Crippen molar-refractivity contribution in [2.75, 3.05) is 32.1 Å². The number of morpholine rings is 1. The van der Waals surface area contributed by atoms with Crippen LogP contribution < -0.4 is 10.1 Å². The third-order valence-electron chi connectivity index (χ3n) is 4.92. The Balaban J connectivity index is 1.34. The van der Waals surface area contributed by atoms with Crippen LogP contribution in [-0.2, 0) is 11.3 Å². The van der Waals surface area contributed by atoms with Gasteiger partial charge in [0.25, 0.3) is 0 Å². The average molecular weight is 375 g/mol. The molecule has 144 valence electrons. The molecule has 2 heterocycles. The quantitative estimate of drug-likeness (QED) is 0.692. The second kappa shape index (κ2) is 8.87. The molecule has 0 aliphatic carbocycles. The minimum absolute atomic E-state index is 0.138. The maximum absolute atomic E-state index is 5.96. The summed E-state index contributed by atoms with van der Waals surface area (Å²) in [5.74, 6) is 1.67. The number of nitrogens with one attached hydrogen (secondary N) is 1. The van der Waals surface area contributed by atoms with Crippen LogP contribution in [0.1, 0.15) is 17.2 Å². The number of ether oxygens (including phenoxy) is 2. The molecular weight excluding hydrogens is 350 g/mol. The molecule has 1 N–H and O–H groups in total. The highest BCUT2D eigenvalue weighted by Crippen LogP contribution is 2.23. The number of benzene rings is 2. The number of anilines is 2. The van der Waals surface area contributed by atoms with Crippen molar-refractivity contribution in [3.8, 4) is 5.75 Å². The summed E-state index contributed by atoms with van der Waals surface area (Å²) in [5.41, 5.74) is 3.43. The molecule has 28 heavy (non-hydrogen) atoms. The first-order chi connectivity index (χ1) is 13.8. The first kappa shape index (κ1) is 18.5. The van der Waals surface area contributed by atoms with E-state index in [1.54, 1.807) is 7.11 Å². The van der Waals surface area contributed by atoms with Gasteiger partial charge < -0.3 is 14.8 Å². The van der Waals surface area contributed by atoms with Gasteiger partial charge in [0.15, 0.2) is 0 Å². The van der Waals surface area contributed by atoms with Crippen LogP contribution >= 0.6 is 0 Å². The summed E-state index contributed by atoms with van der Waals surface area (Å²) in [7, 11) is 1.67. The third-order valence-corrected chi connectivity index (χ3v) is 4.92. The van der Waals surface area contributed by atoms with Crippen LogP contribution in [0.3, 0.4) is 0 Å². The van der Waals surface area contributed by atoms with Crippen molar-refractivity contribution in [1.82, 2.24) is 9.88 Å². The van der Waals surface area contributed by atoms with Crippen LogP contribution in [0.4, 0.5) is 11.5 Å². The van der Waals surface area contributed by atoms with E-state index >= 15 is 0 Å². The Labute approximate surface area is 165 Å². The molecule has 0 bridgehead atoms. The number of aromatic nitrogens is 1. The molecule has 1 unspecified atom stereocenters. The van der Waals surface area contributed by atoms with Crippen molar-refractivity contribution in [2.24, 2.45) is 0 Å². The number of rotatable bonds is 6. The lowest BCUT2D eigenvalue weighted by Gasteiger charge is -2.33. The second-order valence-corrected chi connectivity index (χ2v) is 6.91. The van der Waals surface area contributed by atoms with Gasteiger partial charge in [0.1, 0.15) is 11.6 Å². The Bertz CT molecular complexity index is 867. The summed E-state index contributed by atoms with van der Waals surface area (Å²) in [6, 6.07) is 22.4. The fraction of sp³-hybridized carbons (Fsp3) is 0.261. The highest BCUT2D eigenvalue weighted by Gasteiger charge is 2.21. The summed E-state index contributed by atoms with van der Waals surface area (Å²) in [5, 5.41) is 3.31. The summed E-state index contributed by atoms with van der Waals surface area (Å²) < 4.78 is 11.1. The Morgan fingerprint density at radius 2 is 1.89 bits per heavy atom. The van der Waals surface area contributed by atoms with E-state index in [4.69, 9.17) is 9.47 Å². The Morgan fingerprint density at radius 3 is 2.61 bits per heavy atom. The molecule has 0 saturated carbocycles. The Hall–Kier alpha value is -2.89. The average Bonchev–Trinajstić information content (AvgIpc) is 2.76. The van der Waals surface area contributed by atoms with Gasteiger partial charge in [-0.05, 0) is 41.5 Å². The highest BCUT2D eigenvalue weighted by atomic mass is 16.5. The first-order valence-corrected chi connectivity index (χ1v) is 9.55. The van der Waals surface area contributed by atoms with Gasteiger partial charge in [0.2, 0.25) is 0 Å². The second-order valence-electron chi connectivity index (χ2n) is 6.91. The van der Waals surface area contributed by atoms with Gasteiger partial charge in [-0.15, -0.1) is 0 Å². The molecule has 1 saturated heterocycles.